The summed E-state index contributed by atoms with van der Waals surface area (Å²) in [5, 5.41) is 2.86. The van der Waals surface area contributed by atoms with E-state index in [0.717, 1.165) is 0 Å². The predicted octanol–water partition coefficient (Wildman–Crippen LogP) is 3.52. The summed E-state index contributed by atoms with van der Waals surface area (Å²) in [6.07, 6.45) is 3.27. The maximum absolute atomic E-state index is 12.6. The first-order valence-corrected chi connectivity index (χ1v) is 13.3. The average molecular weight is 525 g/mol. The smallest absolute Gasteiger partial charge is 0.261 e. The molecule has 2 aromatic carbocycles. The molecule has 2 heterocycles. The minimum absolute atomic E-state index is 0.0601. The SMILES string of the molecule is CC(Cn1cnc2c(N)ncnc21)OC[PH](=O)Oc1ccccc1OCCCNC(=O)c1ccccc1. The van der Waals surface area contributed by atoms with E-state index in [4.69, 9.17) is 19.7 Å². The maximum Gasteiger partial charge on any atom is 0.261 e. The van der Waals surface area contributed by atoms with Crippen LogP contribution in [-0.2, 0) is 15.8 Å². The number of nitrogen functional groups attached to an aromatic ring is 1. The van der Waals surface area contributed by atoms with Crippen LogP contribution in [0, 0.1) is 0 Å². The van der Waals surface area contributed by atoms with Crippen molar-refractivity contribution in [1.82, 2.24) is 24.8 Å². The van der Waals surface area contributed by atoms with Gasteiger partial charge in [0.1, 0.15) is 18.2 Å². The lowest BCUT2D eigenvalue weighted by atomic mass is 10.2. The summed E-state index contributed by atoms with van der Waals surface area (Å²) in [6, 6.07) is 16.0. The van der Waals surface area contributed by atoms with Crippen molar-refractivity contribution < 1.29 is 23.4 Å². The summed E-state index contributed by atoms with van der Waals surface area (Å²) in [6.45, 7) is 3.13. The molecular weight excluding hydrogens is 495 g/mol. The molecule has 37 heavy (non-hydrogen) atoms. The molecule has 3 N–H and O–H groups in total. The number of nitrogens with one attached hydrogen (secondary N) is 1. The van der Waals surface area contributed by atoms with E-state index >= 15 is 0 Å². The van der Waals surface area contributed by atoms with E-state index in [-0.39, 0.29) is 18.4 Å². The highest BCUT2D eigenvalue weighted by Crippen LogP contribution is 2.35. The minimum Gasteiger partial charge on any atom is -0.490 e. The van der Waals surface area contributed by atoms with Crippen LogP contribution in [0.3, 0.4) is 0 Å². The average Bonchev–Trinajstić information content (AvgIpc) is 3.32. The number of nitrogens with two attached hydrogens (primary N) is 1. The molecule has 0 radical (unpaired) electrons. The third kappa shape index (κ3) is 7.28. The molecule has 4 rings (SSSR count). The van der Waals surface area contributed by atoms with Gasteiger partial charge in [-0.05, 0) is 37.6 Å². The van der Waals surface area contributed by atoms with Gasteiger partial charge in [-0.3, -0.25) is 9.36 Å². The maximum atomic E-state index is 12.6. The molecule has 2 unspecified atom stereocenters. The molecular formula is C25H29N6O5P. The molecule has 0 saturated carbocycles. The van der Waals surface area contributed by atoms with Gasteiger partial charge < -0.3 is 29.6 Å². The number of hydrogen-bond acceptors (Lipinski definition) is 9. The lowest BCUT2D eigenvalue weighted by Gasteiger charge is -2.15. The van der Waals surface area contributed by atoms with Crippen molar-refractivity contribution in [3.05, 3.63) is 72.8 Å². The van der Waals surface area contributed by atoms with Gasteiger partial charge in [-0.25, -0.2) is 15.0 Å². The second kappa shape index (κ2) is 12.8. The fourth-order valence-electron chi connectivity index (χ4n) is 3.53. The normalized spacial score (nSPS) is 12.7. The number of fused-ring (bicyclic) bond motifs is 1. The molecule has 194 valence electrons. The Balaban J connectivity index is 1.20. The van der Waals surface area contributed by atoms with Gasteiger partial charge >= 0.3 is 0 Å². The lowest BCUT2D eigenvalue weighted by molar-refractivity contribution is 0.0851. The molecule has 0 saturated heterocycles. The van der Waals surface area contributed by atoms with E-state index in [1.54, 1.807) is 42.7 Å². The van der Waals surface area contributed by atoms with Gasteiger partial charge in [0.2, 0.25) is 0 Å². The Morgan fingerprint density at radius 1 is 1.08 bits per heavy atom. The number of para-hydroxylation sites is 2. The topological polar surface area (TPSA) is 143 Å². The lowest BCUT2D eigenvalue weighted by Crippen LogP contribution is -2.25. The summed E-state index contributed by atoms with van der Waals surface area (Å²) >= 11 is 0. The number of benzene rings is 2. The fraction of sp³-hybridized carbons (Fsp3) is 0.280. The molecule has 12 heteroatoms. The number of amides is 1. The van der Waals surface area contributed by atoms with Gasteiger partial charge in [-0.2, -0.15) is 0 Å². The summed E-state index contributed by atoms with van der Waals surface area (Å²) < 4.78 is 31.6. The third-order valence-electron chi connectivity index (χ3n) is 5.34. The Kier molecular flexibility index (Phi) is 9.07. The van der Waals surface area contributed by atoms with Crippen LogP contribution in [0.1, 0.15) is 23.7 Å². The Labute approximate surface area is 214 Å². The van der Waals surface area contributed by atoms with E-state index in [2.05, 4.69) is 20.3 Å². The Bertz CT molecular complexity index is 1350. The number of imidazole rings is 1. The van der Waals surface area contributed by atoms with Crippen molar-refractivity contribution in [1.29, 1.82) is 0 Å². The molecule has 1 amide bonds. The van der Waals surface area contributed by atoms with Crippen LogP contribution >= 0.6 is 8.03 Å². The van der Waals surface area contributed by atoms with Crippen LogP contribution in [0.25, 0.3) is 11.2 Å². The number of rotatable bonds is 13. The molecule has 0 aliphatic rings. The Morgan fingerprint density at radius 3 is 2.65 bits per heavy atom. The van der Waals surface area contributed by atoms with E-state index in [1.807, 2.05) is 29.7 Å². The summed E-state index contributed by atoms with van der Waals surface area (Å²) in [7, 11) is -2.54. The zero-order chi connectivity index (χ0) is 26.0. The molecule has 2 atom stereocenters. The highest BCUT2D eigenvalue weighted by molar-refractivity contribution is 7.39. The van der Waals surface area contributed by atoms with Gasteiger partial charge in [0.05, 0.1) is 25.6 Å². The number of hydrogen-bond donors (Lipinski definition) is 2. The standard InChI is InChI=1S/C25H29N6O5P/c1-18(14-31-16-30-22-23(26)28-15-29-24(22)31)35-17-37(33)36-21-11-6-5-10-20(21)34-13-7-12-27-25(32)19-8-3-2-4-9-19/h2-6,8-11,15-16,18,37H,7,12-14,17H2,1H3,(H,27,32)(H2,26,28,29). The van der Waals surface area contributed by atoms with Crippen LogP contribution in [0.15, 0.2) is 67.3 Å². The molecule has 0 aliphatic heterocycles. The Morgan fingerprint density at radius 2 is 1.84 bits per heavy atom. The van der Waals surface area contributed by atoms with Crippen molar-refractivity contribution in [2.75, 3.05) is 25.2 Å². The predicted molar refractivity (Wildman–Crippen MR) is 140 cm³/mol. The van der Waals surface area contributed by atoms with Gasteiger partial charge in [0, 0.05) is 12.1 Å². The highest BCUT2D eigenvalue weighted by atomic mass is 31.1. The molecule has 0 fully saturated rings. The molecule has 0 bridgehead atoms. The second-order valence-electron chi connectivity index (χ2n) is 8.19. The zero-order valence-corrected chi connectivity index (χ0v) is 21.4. The first-order valence-electron chi connectivity index (χ1n) is 11.8. The van der Waals surface area contributed by atoms with Crippen LogP contribution < -0.4 is 20.3 Å². The number of anilines is 1. The summed E-state index contributed by atoms with van der Waals surface area (Å²) in [4.78, 5) is 24.5. The quantitative estimate of drug-likeness (QED) is 0.198. The zero-order valence-electron chi connectivity index (χ0n) is 20.4. The number of ether oxygens (including phenoxy) is 2. The van der Waals surface area contributed by atoms with Crippen molar-refractivity contribution in [2.45, 2.75) is 26.0 Å². The van der Waals surface area contributed by atoms with Gasteiger partial charge in [-0.15, -0.1) is 0 Å². The largest absolute Gasteiger partial charge is 0.490 e. The summed E-state index contributed by atoms with van der Waals surface area (Å²) in [5.41, 5.74) is 7.57. The first kappa shape index (κ1) is 26.1. The second-order valence-corrected chi connectivity index (χ2v) is 9.43. The Hall–Kier alpha value is -3.95. The van der Waals surface area contributed by atoms with Gasteiger partial charge in [0.25, 0.3) is 13.9 Å². The highest BCUT2D eigenvalue weighted by Gasteiger charge is 2.14. The van der Waals surface area contributed by atoms with Gasteiger partial charge in [0.15, 0.2) is 23.0 Å². The number of carbonyl (C=O) groups is 1. The number of carbonyl (C=O) groups excluding carboxylic acids is 1. The number of nitrogens with zero attached hydrogens (tertiary/aromatic N) is 4. The molecule has 4 aromatic rings. The number of aromatic nitrogens is 4. The van der Waals surface area contributed by atoms with E-state index in [0.29, 0.717) is 60.2 Å². The van der Waals surface area contributed by atoms with Crippen LogP contribution in [0.4, 0.5) is 5.82 Å². The monoisotopic (exact) mass is 524 g/mol. The molecule has 0 spiro atoms. The molecule has 0 aliphatic carbocycles. The van der Waals surface area contributed by atoms with E-state index in [9.17, 15) is 9.36 Å². The van der Waals surface area contributed by atoms with Crippen molar-refractivity contribution in [3.63, 3.8) is 0 Å². The van der Waals surface area contributed by atoms with E-state index in [1.165, 1.54) is 6.33 Å². The third-order valence-corrected chi connectivity index (χ3v) is 6.19. The van der Waals surface area contributed by atoms with Crippen molar-refractivity contribution in [2.24, 2.45) is 0 Å². The molecule has 11 nitrogen and oxygen atoms in total. The fourth-order valence-corrected chi connectivity index (χ4v) is 4.42. The van der Waals surface area contributed by atoms with Crippen LogP contribution in [0.5, 0.6) is 11.5 Å². The van der Waals surface area contributed by atoms with Crippen LogP contribution in [-0.4, -0.2) is 51.0 Å². The molecule has 2 aromatic heterocycles. The van der Waals surface area contributed by atoms with Crippen molar-refractivity contribution in [3.8, 4) is 11.5 Å². The first-order chi connectivity index (χ1) is 18.0. The van der Waals surface area contributed by atoms with Crippen LogP contribution in [0.2, 0.25) is 0 Å². The minimum atomic E-state index is -2.54. The van der Waals surface area contributed by atoms with Crippen molar-refractivity contribution >= 4 is 30.9 Å². The van der Waals surface area contributed by atoms with E-state index < -0.39 is 8.03 Å². The summed E-state index contributed by atoms with van der Waals surface area (Å²) in [5.74, 6) is 1.04. The van der Waals surface area contributed by atoms with Gasteiger partial charge in [-0.1, -0.05) is 30.3 Å².